The smallest absolute Gasteiger partial charge is 0.258 e. The second kappa shape index (κ2) is 6.18. The van der Waals surface area contributed by atoms with Crippen LogP contribution in [0, 0.1) is 23.7 Å². The van der Waals surface area contributed by atoms with Crippen LogP contribution in [0.1, 0.15) is 44.6 Å². The molecule has 23 heavy (non-hydrogen) atoms. The van der Waals surface area contributed by atoms with Gasteiger partial charge in [-0.1, -0.05) is 25.1 Å². The zero-order valence-corrected chi connectivity index (χ0v) is 14.0. The number of aryl methyl sites for hydroxylation is 1. The second-order valence-electron chi connectivity index (χ2n) is 7.77. The van der Waals surface area contributed by atoms with E-state index < -0.39 is 0 Å². The Bertz CT molecular complexity index is 555. The van der Waals surface area contributed by atoms with Crippen molar-refractivity contribution in [2.75, 3.05) is 6.61 Å². The molecule has 5 rings (SSSR count). The summed E-state index contributed by atoms with van der Waals surface area (Å²) in [5.74, 6) is 4.22. The van der Waals surface area contributed by atoms with E-state index in [2.05, 4.69) is 18.3 Å². The number of amides is 1. The molecule has 124 valence electrons. The maximum absolute atomic E-state index is 12.4. The fourth-order valence-corrected chi connectivity index (χ4v) is 5.47. The highest BCUT2D eigenvalue weighted by atomic mass is 16.5. The summed E-state index contributed by atoms with van der Waals surface area (Å²) in [6.45, 7) is 2.25. The highest BCUT2D eigenvalue weighted by Crippen LogP contribution is 2.53. The Balaban J connectivity index is 1.34. The van der Waals surface area contributed by atoms with E-state index in [0.717, 1.165) is 41.4 Å². The van der Waals surface area contributed by atoms with Crippen LogP contribution in [0.4, 0.5) is 0 Å². The second-order valence-corrected chi connectivity index (χ2v) is 7.77. The van der Waals surface area contributed by atoms with Crippen LogP contribution in [-0.2, 0) is 11.2 Å². The summed E-state index contributed by atoms with van der Waals surface area (Å²) >= 11 is 0. The molecule has 1 aromatic rings. The van der Waals surface area contributed by atoms with Gasteiger partial charge in [0.05, 0.1) is 0 Å². The van der Waals surface area contributed by atoms with Crippen LogP contribution in [0.25, 0.3) is 0 Å². The maximum Gasteiger partial charge on any atom is 0.258 e. The van der Waals surface area contributed by atoms with Crippen LogP contribution < -0.4 is 10.1 Å². The van der Waals surface area contributed by atoms with Gasteiger partial charge in [-0.15, -0.1) is 0 Å². The number of rotatable bonds is 5. The van der Waals surface area contributed by atoms with E-state index in [1.807, 2.05) is 18.2 Å². The van der Waals surface area contributed by atoms with Crippen LogP contribution in [0.5, 0.6) is 5.75 Å². The lowest BCUT2D eigenvalue weighted by Gasteiger charge is -2.54. The van der Waals surface area contributed by atoms with Gasteiger partial charge in [-0.25, -0.2) is 0 Å². The Morgan fingerprint density at radius 3 is 2.39 bits per heavy atom. The zero-order valence-electron chi connectivity index (χ0n) is 14.0. The van der Waals surface area contributed by atoms with Gasteiger partial charge in [0.2, 0.25) is 0 Å². The summed E-state index contributed by atoms with van der Waals surface area (Å²) < 4.78 is 5.77. The van der Waals surface area contributed by atoms with Gasteiger partial charge < -0.3 is 10.1 Å². The predicted molar refractivity (Wildman–Crippen MR) is 90.3 cm³/mol. The number of benzene rings is 1. The zero-order chi connectivity index (χ0) is 15.8. The summed E-state index contributed by atoms with van der Waals surface area (Å²) in [7, 11) is 0. The van der Waals surface area contributed by atoms with Crippen LogP contribution in [0.15, 0.2) is 24.3 Å². The molecule has 4 saturated carbocycles. The standard InChI is InChI=1S/C20H27NO2/c1-2-15-5-3-4-6-18(15)23-12-19(22)21-20-16-8-13-7-14(10-16)11-17(20)9-13/h3-6,13-14,16-17,20H,2,7-12H2,1H3,(H,21,22). The maximum atomic E-state index is 12.4. The molecular weight excluding hydrogens is 286 g/mol. The number of nitrogens with one attached hydrogen (secondary N) is 1. The number of hydrogen-bond donors (Lipinski definition) is 1. The first kappa shape index (κ1) is 15.0. The van der Waals surface area contributed by atoms with Crippen molar-refractivity contribution in [3.8, 4) is 5.75 Å². The average Bonchev–Trinajstić information content (AvgIpc) is 2.56. The van der Waals surface area contributed by atoms with Crippen LogP contribution in [0.3, 0.4) is 0 Å². The molecule has 4 bridgehead atoms. The SMILES string of the molecule is CCc1ccccc1OCC(=O)NC1C2CC3CC(C2)CC1C3. The lowest BCUT2D eigenvalue weighted by atomic mass is 9.54. The summed E-state index contributed by atoms with van der Waals surface area (Å²) in [5.41, 5.74) is 1.16. The molecule has 0 saturated heterocycles. The van der Waals surface area contributed by atoms with E-state index in [1.54, 1.807) is 0 Å². The molecule has 0 atom stereocenters. The van der Waals surface area contributed by atoms with Crippen molar-refractivity contribution < 1.29 is 9.53 Å². The first-order valence-electron chi connectivity index (χ1n) is 9.23. The van der Waals surface area contributed by atoms with E-state index in [9.17, 15) is 4.79 Å². The van der Waals surface area contributed by atoms with Gasteiger partial charge in [0.1, 0.15) is 5.75 Å². The fraction of sp³-hybridized carbons (Fsp3) is 0.650. The third-order valence-electron chi connectivity index (χ3n) is 6.27. The summed E-state index contributed by atoms with van der Waals surface area (Å²) in [5, 5.41) is 3.31. The van der Waals surface area contributed by atoms with Gasteiger partial charge in [-0.2, -0.15) is 0 Å². The number of carbonyl (C=O) groups excluding carboxylic acids is 1. The molecule has 0 aliphatic heterocycles. The van der Waals surface area contributed by atoms with Crippen LogP contribution >= 0.6 is 0 Å². The van der Waals surface area contributed by atoms with Crippen molar-refractivity contribution in [3.05, 3.63) is 29.8 Å². The minimum Gasteiger partial charge on any atom is -0.483 e. The minimum absolute atomic E-state index is 0.0494. The first-order valence-corrected chi connectivity index (χ1v) is 9.23. The molecule has 0 heterocycles. The van der Waals surface area contributed by atoms with Crippen molar-refractivity contribution in [2.24, 2.45) is 23.7 Å². The third kappa shape index (κ3) is 2.98. The molecular formula is C20H27NO2. The Kier molecular flexibility index (Phi) is 4.04. The normalized spacial score (nSPS) is 34.4. The highest BCUT2D eigenvalue weighted by molar-refractivity contribution is 5.78. The Labute approximate surface area is 138 Å². The molecule has 1 amide bonds. The molecule has 0 radical (unpaired) electrons. The van der Waals surface area contributed by atoms with Crippen LogP contribution in [0.2, 0.25) is 0 Å². The molecule has 4 aliphatic rings. The van der Waals surface area contributed by atoms with Crippen molar-refractivity contribution >= 4 is 5.91 Å². The number of para-hydroxylation sites is 1. The summed E-state index contributed by atoms with van der Waals surface area (Å²) in [4.78, 5) is 12.4. The summed E-state index contributed by atoms with van der Waals surface area (Å²) in [6, 6.07) is 8.39. The van der Waals surface area contributed by atoms with Gasteiger partial charge in [0.25, 0.3) is 5.91 Å². The lowest BCUT2D eigenvalue weighted by Crippen LogP contribution is -2.56. The molecule has 3 nitrogen and oxygen atoms in total. The molecule has 3 heteroatoms. The average molecular weight is 313 g/mol. The molecule has 0 unspecified atom stereocenters. The monoisotopic (exact) mass is 313 g/mol. The van der Waals surface area contributed by atoms with E-state index in [-0.39, 0.29) is 12.5 Å². The number of carbonyl (C=O) groups is 1. The first-order chi connectivity index (χ1) is 11.2. The van der Waals surface area contributed by atoms with Crippen molar-refractivity contribution in [1.29, 1.82) is 0 Å². The van der Waals surface area contributed by atoms with E-state index in [0.29, 0.717) is 6.04 Å². The molecule has 1 aromatic carbocycles. The van der Waals surface area contributed by atoms with E-state index in [4.69, 9.17) is 4.74 Å². The Morgan fingerprint density at radius 2 is 1.74 bits per heavy atom. The quantitative estimate of drug-likeness (QED) is 0.902. The van der Waals surface area contributed by atoms with Crippen LogP contribution in [-0.4, -0.2) is 18.6 Å². The molecule has 1 N–H and O–H groups in total. The predicted octanol–water partition coefficient (Wildman–Crippen LogP) is 3.57. The molecule has 0 spiro atoms. The van der Waals surface area contributed by atoms with Crippen molar-refractivity contribution in [1.82, 2.24) is 5.32 Å². The van der Waals surface area contributed by atoms with Crippen molar-refractivity contribution in [2.45, 2.75) is 51.5 Å². The highest BCUT2D eigenvalue weighted by Gasteiger charge is 2.48. The Morgan fingerprint density at radius 1 is 1.09 bits per heavy atom. The number of ether oxygens (including phenoxy) is 1. The van der Waals surface area contributed by atoms with Gasteiger partial charge >= 0.3 is 0 Å². The Hall–Kier alpha value is -1.51. The topological polar surface area (TPSA) is 38.3 Å². The third-order valence-corrected chi connectivity index (χ3v) is 6.27. The van der Waals surface area contributed by atoms with E-state index in [1.165, 1.54) is 32.1 Å². The van der Waals surface area contributed by atoms with Gasteiger partial charge in [-0.05, 0) is 73.8 Å². The molecule has 4 aliphatic carbocycles. The minimum atomic E-state index is 0.0494. The largest absolute Gasteiger partial charge is 0.483 e. The van der Waals surface area contributed by atoms with Gasteiger partial charge in [0, 0.05) is 6.04 Å². The van der Waals surface area contributed by atoms with Gasteiger partial charge in [-0.3, -0.25) is 4.79 Å². The van der Waals surface area contributed by atoms with Gasteiger partial charge in [0.15, 0.2) is 6.61 Å². The fourth-order valence-electron chi connectivity index (χ4n) is 5.47. The van der Waals surface area contributed by atoms with E-state index >= 15 is 0 Å². The lowest BCUT2D eigenvalue weighted by molar-refractivity contribution is -0.127. The molecule has 4 fully saturated rings. The van der Waals surface area contributed by atoms with Crippen molar-refractivity contribution in [3.63, 3.8) is 0 Å². The number of hydrogen-bond acceptors (Lipinski definition) is 2. The summed E-state index contributed by atoms with van der Waals surface area (Å²) in [6.07, 6.45) is 7.70. The molecule has 0 aromatic heterocycles.